The van der Waals surface area contributed by atoms with Crippen molar-refractivity contribution in [3.8, 4) is 0 Å². The van der Waals surface area contributed by atoms with Gasteiger partial charge in [0.25, 0.3) is 0 Å². The molecule has 150 valence electrons. The summed E-state index contributed by atoms with van der Waals surface area (Å²) < 4.78 is 15.6. The van der Waals surface area contributed by atoms with Crippen molar-refractivity contribution in [2.24, 2.45) is 4.99 Å². The van der Waals surface area contributed by atoms with Crippen molar-refractivity contribution in [3.63, 3.8) is 0 Å². The van der Waals surface area contributed by atoms with Crippen LogP contribution in [0, 0.1) is 6.92 Å². The third-order valence-electron chi connectivity index (χ3n) is 3.71. The predicted molar refractivity (Wildman–Crippen MR) is 112 cm³/mol. The zero-order valence-electron chi connectivity index (χ0n) is 16.3. The van der Waals surface area contributed by atoms with Crippen LogP contribution in [0.2, 0.25) is 0 Å². The summed E-state index contributed by atoms with van der Waals surface area (Å²) in [6, 6.07) is 3.58. The topological polar surface area (TPSA) is 102 Å². The van der Waals surface area contributed by atoms with Crippen LogP contribution in [0.1, 0.15) is 60.0 Å². The van der Waals surface area contributed by atoms with E-state index in [-0.39, 0.29) is 24.0 Å². The molecule has 0 aliphatic carbocycles. The van der Waals surface area contributed by atoms with Gasteiger partial charge in [0.15, 0.2) is 11.7 Å². The Labute approximate surface area is 176 Å². The number of guanidine groups is 1. The van der Waals surface area contributed by atoms with E-state index in [0.29, 0.717) is 54.4 Å². The fourth-order valence-corrected chi connectivity index (χ4v) is 2.29. The van der Waals surface area contributed by atoms with E-state index in [1.54, 1.807) is 13.0 Å². The van der Waals surface area contributed by atoms with Crippen LogP contribution in [-0.4, -0.2) is 30.7 Å². The van der Waals surface area contributed by atoms with Crippen LogP contribution < -0.4 is 10.6 Å². The molecule has 9 heteroatoms. The minimum atomic E-state index is -0.413. The highest BCUT2D eigenvalue weighted by Crippen LogP contribution is 2.16. The highest BCUT2D eigenvalue weighted by atomic mass is 127. The molecule has 0 radical (unpaired) electrons. The average Bonchev–Trinajstić information content (AvgIpc) is 3.23. The summed E-state index contributed by atoms with van der Waals surface area (Å²) in [6.45, 7) is 9.30. The molecule has 0 aliphatic heterocycles. The van der Waals surface area contributed by atoms with Crippen molar-refractivity contribution >= 4 is 35.9 Å². The summed E-state index contributed by atoms with van der Waals surface area (Å²) in [5.74, 6) is 2.36. The lowest BCUT2D eigenvalue weighted by Crippen LogP contribution is -2.36. The lowest BCUT2D eigenvalue weighted by molar-refractivity contribution is 0.0599. The molecule has 0 amide bonds. The number of methoxy groups -OCH3 is 1. The number of rotatable bonds is 7. The minimum Gasteiger partial charge on any atom is -0.465 e. The summed E-state index contributed by atoms with van der Waals surface area (Å²) in [5.41, 5.74) is 1.34. The van der Waals surface area contributed by atoms with Crippen LogP contribution >= 0.6 is 24.0 Å². The molecule has 2 aromatic heterocycles. The lowest BCUT2D eigenvalue weighted by atomic mass is 10.1. The average molecular weight is 490 g/mol. The number of hydrogen-bond acceptors (Lipinski definition) is 6. The maximum absolute atomic E-state index is 11.6. The fraction of sp³-hybridized carbons (Fsp3) is 0.500. The van der Waals surface area contributed by atoms with Crippen LogP contribution in [0.3, 0.4) is 0 Å². The van der Waals surface area contributed by atoms with Gasteiger partial charge < -0.3 is 24.3 Å². The predicted octanol–water partition coefficient (Wildman–Crippen LogP) is 3.36. The summed E-state index contributed by atoms with van der Waals surface area (Å²) in [5, 5.41) is 10.3. The standard InChI is InChI=1S/C18H26N4O4.HI/c1-6-19-18(21-10-14-8-16(11(2)3)22-26-14)20-9-13-7-15(12(4)25-13)17(23)24-5;/h7-8,11H,6,9-10H2,1-5H3,(H2,19,20,21);1H. The molecule has 2 aromatic rings. The van der Waals surface area contributed by atoms with Gasteiger partial charge >= 0.3 is 5.97 Å². The Balaban J connectivity index is 0.00000364. The number of aliphatic imine (C=N–C) groups is 1. The van der Waals surface area contributed by atoms with Crippen molar-refractivity contribution < 1.29 is 18.5 Å². The molecule has 2 N–H and O–H groups in total. The molecule has 0 spiro atoms. The van der Waals surface area contributed by atoms with Gasteiger partial charge in [0.1, 0.15) is 23.6 Å². The molecule has 0 aromatic carbocycles. The summed E-state index contributed by atoms with van der Waals surface area (Å²) in [7, 11) is 1.34. The first-order chi connectivity index (χ1) is 12.4. The molecule has 2 heterocycles. The van der Waals surface area contributed by atoms with E-state index in [0.717, 1.165) is 5.69 Å². The first kappa shape index (κ1) is 23.0. The van der Waals surface area contributed by atoms with Crippen LogP contribution in [0.5, 0.6) is 0 Å². The number of esters is 1. The molecule has 0 atom stereocenters. The van der Waals surface area contributed by atoms with Gasteiger partial charge in [0.05, 0.1) is 19.3 Å². The molecular formula is C18H27IN4O4. The van der Waals surface area contributed by atoms with Crippen molar-refractivity contribution in [2.45, 2.75) is 46.7 Å². The Bertz CT molecular complexity index is 767. The summed E-state index contributed by atoms with van der Waals surface area (Å²) in [6.07, 6.45) is 0. The van der Waals surface area contributed by atoms with E-state index in [1.165, 1.54) is 7.11 Å². The molecule has 0 saturated carbocycles. The third-order valence-corrected chi connectivity index (χ3v) is 3.71. The second-order valence-corrected chi connectivity index (χ2v) is 6.10. The molecule has 0 aliphatic rings. The van der Waals surface area contributed by atoms with Gasteiger partial charge in [-0.3, -0.25) is 0 Å². The monoisotopic (exact) mass is 490 g/mol. The Kier molecular flexibility index (Phi) is 9.33. The van der Waals surface area contributed by atoms with Crippen molar-refractivity contribution in [1.29, 1.82) is 0 Å². The number of aryl methyl sites for hydroxylation is 1. The molecule has 0 bridgehead atoms. The zero-order chi connectivity index (χ0) is 19.1. The zero-order valence-corrected chi connectivity index (χ0v) is 18.6. The van der Waals surface area contributed by atoms with E-state index in [2.05, 4.69) is 34.6 Å². The largest absolute Gasteiger partial charge is 0.465 e. The van der Waals surface area contributed by atoms with Crippen molar-refractivity contribution in [3.05, 3.63) is 40.7 Å². The smallest absolute Gasteiger partial charge is 0.341 e. The Morgan fingerprint density at radius 3 is 2.63 bits per heavy atom. The molecule has 2 rings (SSSR count). The highest BCUT2D eigenvalue weighted by Gasteiger charge is 2.15. The number of aromatic nitrogens is 1. The van der Waals surface area contributed by atoms with E-state index in [9.17, 15) is 4.79 Å². The van der Waals surface area contributed by atoms with Gasteiger partial charge in [0.2, 0.25) is 0 Å². The second kappa shape index (κ2) is 11.0. The summed E-state index contributed by atoms with van der Waals surface area (Å²) >= 11 is 0. The third kappa shape index (κ3) is 6.56. The van der Waals surface area contributed by atoms with E-state index in [4.69, 9.17) is 13.7 Å². The molecule has 0 saturated heterocycles. The highest BCUT2D eigenvalue weighted by molar-refractivity contribution is 14.0. The van der Waals surface area contributed by atoms with Crippen LogP contribution in [0.15, 0.2) is 26.1 Å². The Morgan fingerprint density at radius 2 is 2.04 bits per heavy atom. The number of nitrogens with zero attached hydrogens (tertiary/aromatic N) is 2. The van der Waals surface area contributed by atoms with Gasteiger partial charge in [-0.2, -0.15) is 0 Å². The number of carbonyl (C=O) groups is 1. The Hall–Kier alpha value is -2.04. The lowest BCUT2D eigenvalue weighted by Gasteiger charge is -2.09. The molecule has 8 nitrogen and oxygen atoms in total. The molecular weight excluding hydrogens is 463 g/mol. The number of carbonyl (C=O) groups excluding carboxylic acids is 1. The molecule has 0 fully saturated rings. The van der Waals surface area contributed by atoms with Crippen LogP contribution in [-0.2, 0) is 17.8 Å². The SMILES string of the molecule is CCNC(=NCc1cc(C(C)C)no1)NCc1cc(C(=O)OC)c(C)o1.I. The maximum Gasteiger partial charge on any atom is 0.341 e. The van der Waals surface area contributed by atoms with Crippen LogP contribution in [0.4, 0.5) is 0 Å². The fourth-order valence-electron chi connectivity index (χ4n) is 2.29. The number of ether oxygens (including phenoxy) is 1. The normalized spacial score (nSPS) is 11.3. The van der Waals surface area contributed by atoms with E-state index in [1.807, 2.05) is 13.0 Å². The number of nitrogens with one attached hydrogen (secondary N) is 2. The maximum atomic E-state index is 11.6. The number of furan rings is 1. The van der Waals surface area contributed by atoms with Crippen LogP contribution in [0.25, 0.3) is 0 Å². The van der Waals surface area contributed by atoms with Gasteiger partial charge in [0, 0.05) is 12.6 Å². The quantitative estimate of drug-likeness (QED) is 0.266. The van der Waals surface area contributed by atoms with Gasteiger partial charge in [-0.05, 0) is 25.8 Å². The van der Waals surface area contributed by atoms with E-state index >= 15 is 0 Å². The van der Waals surface area contributed by atoms with Crippen molar-refractivity contribution in [1.82, 2.24) is 15.8 Å². The first-order valence-corrected chi connectivity index (χ1v) is 8.59. The number of hydrogen-bond donors (Lipinski definition) is 2. The van der Waals surface area contributed by atoms with E-state index < -0.39 is 5.97 Å². The van der Waals surface area contributed by atoms with Crippen molar-refractivity contribution in [2.75, 3.05) is 13.7 Å². The first-order valence-electron chi connectivity index (χ1n) is 8.59. The molecule has 0 unspecified atom stereocenters. The summed E-state index contributed by atoms with van der Waals surface area (Å²) in [4.78, 5) is 16.1. The minimum absolute atomic E-state index is 0. The molecule has 27 heavy (non-hydrogen) atoms. The van der Waals surface area contributed by atoms with Gasteiger partial charge in [-0.15, -0.1) is 24.0 Å². The van der Waals surface area contributed by atoms with Gasteiger partial charge in [-0.25, -0.2) is 9.79 Å². The second-order valence-electron chi connectivity index (χ2n) is 6.10. The van der Waals surface area contributed by atoms with Gasteiger partial charge in [-0.1, -0.05) is 19.0 Å². The number of halogens is 1. The Morgan fingerprint density at radius 1 is 1.30 bits per heavy atom.